The first kappa shape index (κ1) is 17.8. The lowest BCUT2D eigenvalue weighted by Gasteiger charge is -2.34. The van der Waals surface area contributed by atoms with Gasteiger partial charge in [-0.15, -0.1) is 6.58 Å². The van der Waals surface area contributed by atoms with Crippen LogP contribution >= 0.6 is 0 Å². The van der Waals surface area contributed by atoms with Crippen LogP contribution in [0.4, 0.5) is 0 Å². The van der Waals surface area contributed by atoms with Gasteiger partial charge in [0.15, 0.2) is 0 Å². The molecule has 1 aliphatic carbocycles. The third kappa shape index (κ3) is 6.92. The number of allylic oxidation sites excluding steroid dienone is 1. The van der Waals surface area contributed by atoms with Crippen molar-refractivity contribution in [3.05, 3.63) is 12.7 Å². The largest absolute Gasteiger partial charge is 0.314 e. The number of hydrogen-bond donors (Lipinski definition) is 1. The van der Waals surface area contributed by atoms with E-state index in [1.807, 2.05) is 0 Å². The molecule has 1 aliphatic rings. The highest BCUT2D eigenvalue weighted by molar-refractivity contribution is 4.82. The van der Waals surface area contributed by atoms with Gasteiger partial charge in [-0.25, -0.2) is 0 Å². The molecule has 20 heavy (non-hydrogen) atoms. The second-order valence-electron chi connectivity index (χ2n) is 6.66. The smallest absolute Gasteiger partial charge is 0.00952 e. The lowest BCUT2D eigenvalue weighted by atomic mass is 9.76. The monoisotopic (exact) mass is 279 g/mol. The van der Waals surface area contributed by atoms with Crippen LogP contribution in [0.15, 0.2) is 12.7 Å². The van der Waals surface area contributed by atoms with Crippen molar-refractivity contribution in [3.8, 4) is 0 Å². The zero-order valence-electron chi connectivity index (χ0n) is 14.0. The Morgan fingerprint density at radius 3 is 2.45 bits per heavy atom. The summed E-state index contributed by atoms with van der Waals surface area (Å²) < 4.78 is 0. The summed E-state index contributed by atoms with van der Waals surface area (Å²) in [6, 6.07) is 0.784. The first-order valence-corrected chi connectivity index (χ1v) is 9.16. The van der Waals surface area contributed by atoms with Crippen molar-refractivity contribution < 1.29 is 0 Å². The van der Waals surface area contributed by atoms with Crippen molar-refractivity contribution in [2.45, 2.75) is 90.5 Å². The van der Waals surface area contributed by atoms with Crippen molar-refractivity contribution in [2.24, 2.45) is 11.8 Å². The number of unbranched alkanes of at least 4 members (excludes halogenated alkanes) is 3. The average Bonchev–Trinajstić information content (AvgIpc) is 2.47. The summed E-state index contributed by atoms with van der Waals surface area (Å²) in [6.07, 6.45) is 17.4. The zero-order valence-corrected chi connectivity index (χ0v) is 14.0. The van der Waals surface area contributed by atoms with E-state index in [1.165, 1.54) is 70.6 Å². The summed E-state index contributed by atoms with van der Waals surface area (Å²) in [7, 11) is 0. The van der Waals surface area contributed by atoms with Gasteiger partial charge in [0, 0.05) is 6.04 Å². The molecule has 1 fully saturated rings. The quantitative estimate of drug-likeness (QED) is 0.377. The fraction of sp³-hybridized carbons (Fsp3) is 0.895. The molecule has 1 nitrogen and oxygen atoms in total. The molecular weight excluding hydrogens is 242 g/mol. The van der Waals surface area contributed by atoms with Crippen LogP contribution in [0, 0.1) is 11.8 Å². The Hall–Kier alpha value is -0.300. The van der Waals surface area contributed by atoms with Gasteiger partial charge in [-0.2, -0.15) is 0 Å². The van der Waals surface area contributed by atoms with Crippen molar-refractivity contribution in [3.63, 3.8) is 0 Å². The zero-order chi connectivity index (χ0) is 14.6. The summed E-state index contributed by atoms with van der Waals surface area (Å²) in [4.78, 5) is 0. The highest BCUT2D eigenvalue weighted by Gasteiger charge is 2.26. The van der Waals surface area contributed by atoms with E-state index in [1.54, 1.807) is 0 Å². The van der Waals surface area contributed by atoms with Gasteiger partial charge in [-0.3, -0.25) is 0 Å². The van der Waals surface area contributed by atoms with Crippen LogP contribution in [-0.4, -0.2) is 12.6 Å². The molecule has 1 heteroatoms. The highest BCUT2D eigenvalue weighted by Crippen LogP contribution is 2.34. The van der Waals surface area contributed by atoms with Gasteiger partial charge in [0.05, 0.1) is 0 Å². The van der Waals surface area contributed by atoms with Crippen LogP contribution in [0.25, 0.3) is 0 Å². The van der Waals surface area contributed by atoms with Crippen LogP contribution in [0.5, 0.6) is 0 Å². The van der Waals surface area contributed by atoms with E-state index < -0.39 is 0 Å². The van der Waals surface area contributed by atoms with Crippen molar-refractivity contribution in [2.75, 3.05) is 6.54 Å². The predicted octanol–water partition coefficient (Wildman–Crippen LogP) is 5.71. The first-order chi connectivity index (χ1) is 9.81. The summed E-state index contributed by atoms with van der Waals surface area (Å²) in [6.45, 7) is 9.52. The van der Waals surface area contributed by atoms with E-state index in [0.29, 0.717) is 0 Å². The van der Waals surface area contributed by atoms with Crippen LogP contribution < -0.4 is 5.32 Å². The molecule has 0 amide bonds. The van der Waals surface area contributed by atoms with Crippen molar-refractivity contribution in [1.82, 2.24) is 5.32 Å². The highest BCUT2D eigenvalue weighted by atomic mass is 14.9. The minimum atomic E-state index is 0.784. The standard InChI is InChI=1S/C19H37N/c1-4-7-8-9-10-12-19(20-6-3)18-15-13-17(11-5-2)14-16-18/h4,17-20H,1,5-16H2,2-3H3. The lowest BCUT2D eigenvalue weighted by molar-refractivity contribution is 0.206. The topological polar surface area (TPSA) is 12.0 Å². The molecule has 0 aromatic heterocycles. The molecule has 1 N–H and O–H groups in total. The molecule has 0 saturated heterocycles. The van der Waals surface area contributed by atoms with Crippen LogP contribution in [0.3, 0.4) is 0 Å². The number of nitrogens with one attached hydrogen (secondary N) is 1. The summed E-state index contributed by atoms with van der Waals surface area (Å²) in [5.41, 5.74) is 0. The van der Waals surface area contributed by atoms with E-state index in [4.69, 9.17) is 0 Å². The molecule has 0 radical (unpaired) electrons. The second-order valence-corrected chi connectivity index (χ2v) is 6.66. The Morgan fingerprint density at radius 2 is 1.85 bits per heavy atom. The van der Waals surface area contributed by atoms with Gasteiger partial charge >= 0.3 is 0 Å². The minimum Gasteiger partial charge on any atom is -0.314 e. The average molecular weight is 280 g/mol. The molecule has 1 saturated carbocycles. The van der Waals surface area contributed by atoms with E-state index in [-0.39, 0.29) is 0 Å². The molecule has 1 rings (SSSR count). The summed E-state index contributed by atoms with van der Waals surface area (Å²) in [5.74, 6) is 1.98. The van der Waals surface area contributed by atoms with Gasteiger partial charge in [0.1, 0.15) is 0 Å². The number of hydrogen-bond acceptors (Lipinski definition) is 1. The maximum Gasteiger partial charge on any atom is 0.00952 e. The van der Waals surface area contributed by atoms with Crippen LogP contribution in [0.2, 0.25) is 0 Å². The molecule has 0 heterocycles. The minimum absolute atomic E-state index is 0.784. The molecular formula is C19H37N. The molecule has 0 spiro atoms. The van der Waals surface area contributed by atoms with E-state index in [9.17, 15) is 0 Å². The Labute approximate surface area is 127 Å². The van der Waals surface area contributed by atoms with Gasteiger partial charge in [-0.05, 0) is 50.5 Å². The van der Waals surface area contributed by atoms with Gasteiger partial charge < -0.3 is 5.32 Å². The van der Waals surface area contributed by atoms with Crippen LogP contribution in [0.1, 0.15) is 84.5 Å². The maximum atomic E-state index is 3.81. The molecule has 0 aromatic carbocycles. The maximum absolute atomic E-state index is 3.81. The third-order valence-electron chi connectivity index (χ3n) is 5.05. The van der Waals surface area contributed by atoms with Crippen molar-refractivity contribution in [1.29, 1.82) is 0 Å². The Kier molecular flexibility index (Phi) is 10.1. The normalized spacial score (nSPS) is 24.5. The summed E-state index contributed by atoms with van der Waals surface area (Å²) in [5, 5.41) is 3.77. The fourth-order valence-electron chi connectivity index (χ4n) is 3.88. The Balaban J connectivity index is 2.25. The second kappa shape index (κ2) is 11.4. The molecule has 0 bridgehead atoms. The third-order valence-corrected chi connectivity index (χ3v) is 5.05. The fourth-order valence-corrected chi connectivity index (χ4v) is 3.88. The molecule has 118 valence electrons. The number of rotatable bonds is 11. The molecule has 0 aromatic rings. The molecule has 1 atom stereocenters. The van der Waals surface area contributed by atoms with Gasteiger partial charge in [0.2, 0.25) is 0 Å². The van der Waals surface area contributed by atoms with Gasteiger partial charge in [0.25, 0.3) is 0 Å². The van der Waals surface area contributed by atoms with Gasteiger partial charge in [-0.1, -0.05) is 58.4 Å². The van der Waals surface area contributed by atoms with Crippen LogP contribution in [-0.2, 0) is 0 Å². The SMILES string of the molecule is C=CCCCCCC(NCC)C1CCC(CCC)CC1. The lowest BCUT2D eigenvalue weighted by Crippen LogP contribution is -2.38. The van der Waals surface area contributed by atoms with E-state index in [0.717, 1.165) is 24.4 Å². The predicted molar refractivity (Wildman–Crippen MR) is 91.1 cm³/mol. The van der Waals surface area contributed by atoms with Crippen molar-refractivity contribution >= 4 is 0 Å². The van der Waals surface area contributed by atoms with E-state index >= 15 is 0 Å². The summed E-state index contributed by atoms with van der Waals surface area (Å²) >= 11 is 0. The molecule has 1 unspecified atom stereocenters. The Bertz CT molecular complexity index is 228. The van der Waals surface area contributed by atoms with E-state index in [2.05, 4.69) is 31.8 Å². The first-order valence-electron chi connectivity index (χ1n) is 9.16. The molecule has 0 aliphatic heterocycles. The Morgan fingerprint density at radius 1 is 1.10 bits per heavy atom.